The molecule has 0 atom stereocenters. The second-order valence-electron chi connectivity index (χ2n) is 5.82. The number of nitrogens with one attached hydrogen (secondary N) is 1. The molecule has 1 aromatic carbocycles. The fraction of sp³-hybridized carbons (Fsp3) is 0.600. The van der Waals surface area contributed by atoms with Crippen LogP contribution in [0.4, 0.5) is 11.4 Å². The quantitative estimate of drug-likeness (QED) is 0.482. The Kier molecular flexibility index (Phi) is 6.98. The maximum Gasteiger partial charge on any atom is 0.240 e. The molecule has 0 unspecified atom stereocenters. The number of benzene rings is 1. The zero-order chi connectivity index (χ0) is 15.9. The van der Waals surface area contributed by atoms with Crippen molar-refractivity contribution in [3.63, 3.8) is 0 Å². The lowest BCUT2D eigenvalue weighted by atomic mass is 10.0. The summed E-state index contributed by atoms with van der Waals surface area (Å²) in [6.45, 7) is 5.35. The van der Waals surface area contributed by atoms with Crippen molar-refractivity contribution in [2.75, 3.05) is 17.6 Å². The maximum absolute atomic E-state index is 11.3. The fourth-order valence-corrected chi connectivity index (χ4v) is 2.83. The fourth-order valence-electron chi connectivity index (χ4n) is 2.18. The molecule has 0 saturated heterocycles. The third kappa shape index (κ3) is 6.82. The molecule has 5 nitrogen and oxygen atoms in total. The molecule has 0 aliphatic rings. The summed E-state index contributed by atoms with van der Waals surface area (Å²) in [7, 11) is -3.75. The van der Waals surface area contributed by atoms with Crippen LogP contribution in [0.2, 0.25) is 0 Å². The minimum Gasteiger partial charge on any atom is -0.398 e. The lowest BCUT2D eigenvalue weighted by molar-refractivity contribution is 0.523. The molecule has 0 heterocycles. The van der Waals surface area contributed by atoms with E-state index in [1.54, 1.807) is 12.1 Å². The van der Waals surface area contributed by atoms with Crippen LogP contribution in [0.3, 0.4) is 0 Å². The Hall–Kier alpha value is -1.27. The van der Waals surface area contributed by atoms with Crippen LogP contribution in [0.15, 0.2) is 23.1 Å². The molecule has 0 radical (unpaired) electrons. The molecule has 5 N–H and O–H groups in total. The number of primary sulfonamides is 1. The van der Waals surface area contributed by atoms with Gasteiger partial charge in [-0.2, -0.15) is 0 Å². The molecule has 1 aromatic rings. The molecule has 0 bridgehead atoms. The van der Waals surface area contributed by atoms with Crippen molar-refractivity contribution in [3.8, 4) is 0 Å². The number of rotatable bonds is 9. The van der Waals surface area contributed by atoms with Crippen molar-refractivity contribution < 1.29 is 8.42 Å². The van der Waals surface area contributed by atoms with Gasteiger partial charge in [0.1, 0.15) is 4.90 Å². The van der Waals surface area contributed by atoms with Crippen molar-refractivity contribution in [2.24, 2.45) is 11.1 Å². The van der Waals surface area contributed by atoms with Gasteiger partial charge >= 0.3 is 0 Å². The summed E-state index contributed by atoms with van der Waals surface area (Å²) in [5, 5.41) is 8.32. The minimum atomic E-state index is -3.75. The Labute approximate surface area is 128 Å². The van der Waals surface area contributed by atoms with Crippen LogP contribution < -0.4 is 16.2 Å². The van der Waals surface area contributed by atoms with Crippen molar-refractivity contribution in [1.82, 2.24) is 0 Å². The van der Waals surface area contributed by atoms with Crippen LogP contribution >= 0.6 is 0 Å². The Morgan fingerprint density at radius 2 is 1.81 bits per heavy atom. The topological polar surface area (TPSA) is 98.2 Å². The molecule has 120 valence electrons. The van der Waals surface area contributed by atoms with E-state index >= 15 is 0 Å². The van der Waals surface area contributed by atoms with E-state index in [9.17, 15) is 8.42 Å². The summed E-state index contributed by atoms with van der Waals surface area (Å²) in [4.78, 5) is -0.0262. The molecule has 0 aliphatic heterocycles. The summed E-state index contributed by atoms with van der Waals surface area (Å²) in [5.74, 6) is 0.781. The van der Waals surface area contributed by atoms with Gasteiger partial charge in [0.2, 0.25) is 10.0 Å². The molecular formula is C15H27N3O2S. The van der Waals surface area contributed by atoms with Crippen LogP contribution in [0.25, 0.3) is 0 Å². The summed E-state index contributed by atoms with van der Waals surface area (Å²) in [6.07, 6.45) is 6.12. The Morgan fingerprint density at radius 1 is 1.14 bits per heavy atom. The number of nitrogens with two attached hydrogens (primary N) is 2. The van der Waals surface area contributed by atoms with Crippen LogP contribution in [0, 0.1) is 5.92 Å². The van der Waals surface area contributed by atoms with Crippen LogP contribution in [-0.4, -0.2) is 15.0 Å². The van der Waals surface area contributed by atoms with Gasteiger partial charge in [-0.15, -0.1) is 0 Å². The summed E-state index contributed by atoms with van der Waals surface area (Å²) in [5.41, 5.74) is 6.71. The van der Waals surface area contributed by atoms with Gasteiger partial charge in [0.15, 0.2) is 0 Å². The molecule has 6 heteroatoms. The Bertz CT molecular complexity index is 542. The van der Waals surface area contributed by atoms with E-state index in [4.69, 9.17) is 10.9 Å². The van der Waals surface area contributed by atoms with E-state index in [2.05, 4.69) is 19.2 Å². The second kappa shape index (κ2) is 8.24. The van der Waals surface area contributed by atoms with E-state index in [0.29, 0.717) is 0 Å². The van der Waals surface area contributed by atoms with Gasteiger partial charge in [0.25, 0.3) is 0 Å². The number of nitrogen functional groups attached to an aromatic ring is 1. The Balaban J connectivity index is 2.32. The number of unbranched alkanes of at least 4 members (excludes halogenated alkanes) is 3. The Morgan fingerprint density at radius 3 is 2.38 bits per heavy atom. The molecule has 0 fully saturated rings. The van der Waals surface area contributed by atoms with Gasteiger partial charge in [-0.3, -0.25) is 0 Å². The highest BCUT2D eigenvalue weighted by molar-refractivity contribution is 7.89. The van der Waals surface area contributed by atoms with Crippen LogP contribution in [0.1, 0.15) is 46.0 Å². The van der Waals surface area contributed by atoms with E-state index < -0.39 is 10.0 Å². The first kappa shape index (κ1) is 17.8. The number of hydrogen-bond acceptors (Lipinski definition) is 4. The number of hydrogen-bond donors (Lipinski definition) is 3. The molecule has 21 heavy (non-hydrogen) atoms. The molecular weight excluding hydrogens is 286 g/mol. The first-order valence-corrected chi connectivity index (χ1v) is 9.01. The average molecular weight is 313 g/mol. The van der Waals surface area contributed by atoms with Gasteiger partial charge < -0.3 is 11.1 Å². The third-order valence-corrected chi connectivity index (χ3v) is 4.34. The SMILES string of the molecule is CC(C)CCCCCCNc1ccc(S(N)(=O)=O)c(N)c1. The maximum atomic E-state index is 11.3. The predicted octanol–water partition coefficient (Wildman–Crippen LogP) is 2.93. The molecule has 0 saturated carbocycles. The smallest absolute Gasteiger partial charge is 0.240 e. The molecule has 0 amide bonds. The zero-order valence-corrected chi connectivity index (χ0v) is 13.7. The summed E-state index contributed by atoms with van der Waals surface area (Å²) >= 11 is 0. The highest BCUT2D eigenvalue weighted by Gasteiger charge is 2.11. The number of sulfonamides is 1. The predicted molar refractivity (Wildman–Crippen MR) is 88.6 cm³/mol. The van der Waals surface area contributed by atoms with Crippen LogP contribution in [0.5, 0.6) is 0 Å². The lowest BCUT2D eigenvalue weighted by Crippen LogP contribution is -2.14. The van der Waals surface area contributed by atoms with Crippen molar-refractivity contribution in [3.05, 3.63) is 18.2 Å². The van der Waals surface area contributed by atoms with E-state index in [0.717, 1.165) is 24.6 Å². The first-order chi connectivity index (χ1) is 9.80. The normalized spacial score (nSPS) is 11.8. The standard InChI is InChI=1S/C15H27N3O2S/c1-12(2)7-5-3-4-6-10-18-13-8-9-15(14(16)11-13)21(17,19)20/h8-9,11-12,18H,3-7,10,16H2,1-2H3,(H2,17,19,20). The molecule has 0 spiro atoms. The molecule has 0 aromatic heterocycles. The van der Waals surface area contributed by atoms with Crippen LogP contribution in [-0.2, 0) is 10.0 Å². The summed E-state index contributed by atoms with van der Waals surface area (Å²) < 4.78 is 22.5. The van der Waals surface area contributed by atoms with Crippen molar-refractivity contribution >= 4 is 21.4 Å². The highest BCUT2D eigenvalue weighted by atomic mass is 32.2. The highest BCUT2D eigenvalue weighted by Crippen LogP contribution is 2.21. The minimum absolute atomic E-state index is 0.0262. The lowest BCUT2D eigenvalue weighted by Gasteiger charge is -2.09. The average Bonchev–Trinajstić information content (AvgIpc) is 2.35. The number of anilines is 2. The summed E-state index contributed by atoms with van der Waals surface area (Å²) in [6, 6.07) is 4.74. The van der Waals surface area contributed by atoms with Crippen molar-refractivity contribution in [1.29, 1.82) is 0 Å². The van der Waals surface area contributed by atoms with Gasteiger partial charge in [-0.05, 0) is 30.5 Å². The van der Waals surface area contributed by atoms with E-state index in [-0.39, 0.29) is 10.6 Å². The second-order valence-corrected chi connectivity index (χ2v) is 7.35. The monoisotopic (exact) mass is 313 g/mol. The van der Waals surface area contributed by atoms with Gasteiger partial charge in [-0.25, -0.2) is 13.6 Å². The van der Waals surface area contributed by atoms with E-state index in [1.807, 2.05) is 0 Å². The first-order valence-electron chi connectivity index (χ1n) is 7.47. The zero-order valence-electron chi connectivity index (χ0n) is 12.9. The third-order valence-electron chi connectivity index (χ3n) is 3.35. The van der Waals surface area contributed by atoms with E-state index in [1.165, 1.54) is 31.7 Å². The van der Waals surface area contributed by atoms with Gasteiger partial charge in [-0.1, -0.05) is 39.5 Å². The van der Waals surface area contributed by atoms with Crippen molar-refractivity contribution in [2.45, 2.75) is 50.8 Å². The van der Waals surface area contributed by atoms with Gasteiger partial charge in [0.05, 0.1) is 5.69 Å². The molecule has 1 rings (SSSR count). The molecule has 0 aliphatic carbocycles. The largest absolute Gasteiger partial charge is 0.398 e. The van der Waals surface area contributed by atoms with Gasteiger partial charge in [0, 0.05) is 12.2 Å².